The highest BCUT2D eigenvalue weighted by Crippen LogP contribution is 2.33. The topological polar surface area (TPSA) is 43.4 Å². The third kappa shape index (κ3) is 4.21. The van der Waals surface area contributed by atoms with Crippen LogP contribution in [0.4, 0.5) is 9.52 Å². The second-order valence-electron chi connectivity index (χ2n) is 5.13. The van der Waals surface area contributed by atoms with E-state index in [1.807, 2.05) is 17.5 Å². The summed E-state index contributed by atoms with van der Waals surface area (Å²) in [5.74, 6) is 0.726. The fourth-order valence-corrected chi connectivity index (χ4v) is 3.07. The molecule has 4 nitrogen and oxygen atoms in total. The third-order valence-corrected chi connectivity index (χ3v) is 4.65. The lowest BCUT2D eigenvalue weighted by Crippen LogP contribution is -2.06. The van der Waals surface area contributed by atoms with Gasteiger partial charge in [-0.05, 0) is 18.2 Å². The monoisotopic (exact) mass is 378 g/mol. The van der Waals surface area contributed by atoms with Crippen molar-refractivity contribution in [2.75, 3.05) is 12.4 Å². The standard InChI is InChI=1S/C18H16ClFN2O2S/c1-23-16-7-2-4-12(10-22-18-21-8-9-25-18)17(16)24-11-13-14(19)5-3-6-15(13)20/h2-9H,10-11H2,1H3,(H,21,22). The molecular weight excluding hydrogens is 363 g/mol. The van der Waals surface area contributed by atoms with E-state index in [1.165, 1.54) is 17.4 Å². The molecule has 25 heavy (non-hydrogen) atoms. The summed E-state index contributed by atoms with van der Waals surface area (Å²) in [6.07, 6.45) is 1.73. The Kier molecular flexibility index (Phi) is 5.73. The van der Waals surface area contributed by atoms with Crippen LogP contribution in [0.15, 0.2) is 48.0 Å². The Labute approximate surface area is 154 Å². The van der Waals surface area contributed by atoms with Gasteiger partial charge in [0.05, 0.1) is 12.1 Å². The largest absolute Gasteiger partial charge is 0.493 e. The number of hydrogen-bond donors (Lipinski definition) is 1. The summed E-state index contributed by atoms with van der Waals surface area (Å²) < 4.78 is 25.2. The molecule has 3 aromatic rings. The van der Waals surface area contributed by atoms with E-state index in [2.05, 4.69) is 10.3 Å². The van der Waals surface area contributed by atoms with Crippen molar-refractivity contribution in [1.29, 1.82) is 0 Å². The van der Waals surface area contributed by atoms with Crippen LogP contribution in [0.2, 0.25) is 5.02 Å². The van der Waals surface area contributed by atoms with Gasteiger partial charge in [0, 0.05) is 29.2 Å². The maximum atomic E-state index is 14.0. The molecule has 7 heteroatoms. The normalized spacial score (nSPS) is 10.5. The Hall–Kier alpha value is -2.31. The first-order valence-corrected chi connectivity index (χ1v) is 8.79. The van der Waals surface area contributed by atoms with Crippen molar-refractivity contribution in [3.63, 3.8) is 0 Å². The molecule has 0 atom stereocenters. The SMILES string of the molecule is COc1cccc(CNc2nccs2)c1OCc1c(F)cccc1Cl. The number of thiazole rings is 1. The minimum absolute atomic E-state index is 0.0101. The Bertz CT molecular complexity index is 823. The highest BCUT2D eigenvalue weighted by molar-refractivity contribution is 7.13. The quantitative estimate of drug-likeness (QED) is 0.618. The van der Waals surface area contributed by atoms with Crippen molar-refractivity contribution in [1.82, 2.24) is 4.98 Å². The predicted molar refractivity (Wildman–Crippen MR) is 98.2 cm³/mol. The maximum Gasteiger partial charge on any atom is 0.182 e. The first-order valence-electron chi connectivity index (χ1n) is 7.54. The summed E-state index contributed by atoms with van der Waals surface area (Å²) in [6, 6.07) is 10.1. The molecule has 0 amide bonds. The van der Waals surface area contributed by atoms with Gasteiger partial charge in [-0.1, -0.05) is 29.8 Å². The molecule has 1 heterocycles. The van der Waals surface area contributed by atoms with Crippen LogP contribution in [0.25, 0.3) is 0 Å². The number of halogens is 2. The molecule has 0 fully saturated rings. The van der Waals surface area contributed by atoms with Crippen molar-refractivity contribution in [3.05, 3.63) is 69.9 Å². The minimum atomic E-state index is -0.398. The molecule has 0 aliphatic heterocycles. The van der Waals surface area contributed by atoms with Crippen molar-refractivity contribution in [2.24, 2.45) is 0 Å². The molecule has 2 aromatic carbocycles. The maximum absolute atomic E-state index is 14.0. The Morgan fingerprint density at radius 1 is 1.24 bits per heavy atom. The van der Waals surface area contributed by atoms with Crippen LogP contribution in [-0.2, 0) is 13.2 Å². The summed E-state index contributed by atoms with van der Waals surface area (Å²) >= 11 is 7.58. The van der Waals surface area contributed by atoms with Crippen LogP contribution in [-0.4, -0.2) is 12.1 Å². The zero-order valence-electron chi connectivity index (χ0n) is 13.5. The average Bonchev–Trinajstić information content (AvgIpc) is 3.13. The number of nitrogens with one attached hydrogen (secondary N) is 1. The molecular formula is C18H16ClFN2O2S. The third-order valence-electron chi connectivity index (χ3n) is 3.57. The highest BCUT2D eigenvalue weighted by Gasteiger charge is 2.14. The van der Waals surface area contributed by atoms with Gasteiger partial charge in [0.25, 0.3) is 0 Å². The molecule has 0 radical (unpaired) electrons. The number of nitrogens with zero attached hydrogens (tertiary/aromatic N) is 1. The summed E-state index contributed by atoms with van der Waals surface area (Å²) in [5.41, 5.74) is 1.19. The Morgan fingerprint density at radius 3 is 2.80 bits per heavy atom. The number of anilines is 1. The number of benzene rings is 2. The molecule has 0 aliphatic carbocycles. The molecule has 0 saturated carbocycles. The minimum Gasteiger partial charge on any atom is -0.493 e. The van der Waals surface area contributed by atoms with Gasteiger partial charge in [-0.25, -0.2) is 9.37 Å². The van der Waals surface area contributed by atoms with Gasteiger partial charge in [0.1, 0.15) is 12.4 Å². The lowest BCUT2D eigenvalue weighted by Gasteiger charge is -2.16. The van der Waals surface area contributed by atoms with Crippen LogP contribution in [0.5, 0.6) is 11.5 Å². The summed E-state index contributed by atoms with van der Waals surface area (Å²) in [6.45, 7) is 0.515. The molecule has 3 rings (SSSR count). The van der Waals surface area contributed by atoms with E-state index >= 15 is 0 Å². The van der Waals surface area contributed by atoms with Gasteiger partial charge < -0.3 is 14.8 Å². The fourth-order valence-electron chi connectivity index (χ4n) is 2.32. The van der Waals surface area contributed by atoms with E-state index in [-0.39, 0.29) is 6.61 Å². The molecule has 0 spiro atoms. The molecule has 1 aromatic heterocycles. The number of rotatable bonds is 7. The molecule has 0 saturated heterocycles. The van der Waals surface area contributed by atoms with Crippen LogP contribution >= 0.6 is 22.9 Å². The van der Waals surface area contributed by atoms with Gasteiger partial charge in [0.15, 0.2) is 16.6 Å². The zero-order valence-corrected chi connectivity index (χ0v) is 15.0. The van der Waals surface area contributed by atoms with Crippen LogP contribution in [0.1, 0.15) is 11.1 Å². The van der Waals surface area contributed by atoms with E-state index in [1.54, 1.807) is 31.5 Å². The average molecular weight is 379 g/mol. The number of aromatic nitrogens is 1. The lowest BCUT2D eigenvalue weighted by atomic mass is 10.1. The molecule has 130 valence electrons. The first kappa shape index (κ1) is 17.5. The first-order chi connectivity index (χ1) is 12.2. The van der Waals surface area contributed by atoms with Gasteiger partial charge in [-0.3, -0.25) is 0 Å². The zero-order chi connectivity index (χ0) is 17.6. The van der Waals surface area contributed by atoms with Crippen LogP contribution in [0.3, 0.4) is 0 Å². The van der Waals surface area contributed by atoms with E-state index in [0.29, 0.717) is 28.6 Å². The number of para-hydroxylation sites is 1. The summed E-state index contributed by atoms with van der Waals surface area (Å²) in [5, 5.41) is 6.26. The van der Waals surface area contributed by atoms with E-state index in [9.17, 15) is 4.39 Å². The van der Waals surface area contributed by atoms with E-state index in [4.69, 9.17) is 21.1 Å². The van der Waals surface area contributed by atoms with Crippen LogP contribution in [0, 0.1) is 5.82 Å². The van der Waals surface area contributed by atoms with Gasteiger partial charge >= 0.3 is 0 Å². The highest BCUT2D eigenvalue weighted by atomic mass is 35.5. The van der Waals surface area contributed by atoms with E-state index < -0.39 is 5.82 Å². The summed E-state index contributed by atoms with van der Waals surface area (Å²) in [7, 11) is 1.57. The molecule has 0 unspecified atom stereocenters. The Morgan fingerprint density at radius 2 is 2.08 bits per heavy atom. The number of hydrogen-bond acceptors (Lipinski definition) is 5. The molecule has 1 N–H and O–H groups in total. The molecule has 0 aliphatic rings. The van der Waals surface area contributed by atoms with Crippen molar-refractivity contribution >= 4 is 28.1 Å². The summed E-state index contributed by atoms with van der Waals surface area (Å²) in [4.78, 5) is 4.19. The smallest absolute Gasteiger partial charge is 0.182 e. The second-order valence-corrected chi connectivity index (χ2v) is 6.43. The Balaban J connectivity index is 1.81. The van der Waals surface area contributed by atoms with Gasteiger partial charge in [0.2, 0.25) is 0 Å². The van der Waals surface area contributed by atoms with Crippen molar-refractivity contribution < 1.29 is 13.9 Å². The van der Waals surface area contributed by atoms with Crippen molar-refractivity contribution in [3.8, 4) is 11.5 Å². The van der Waals surface area contributed by atoms with Gasteiger partial charge in [-0.15, -0.1) is 11.3 Å². The second kappa shape index (κ2) is 8.18. The van der Waals surface area contributed by atoms with Crippen molar-refractivity contribution in [2.45, 2.75) is 13.2 Å². The van der Waals surface area contributed by atoms with E-state index in [0.717, 1.165) is 10.7 Å². The van der Waals surface area contributed by atoms with Gasteiger partial charge in [-0.2, -0.15) is 0 Å². The predicted octanol–water partition coefficient (Wildman–Crippen LogP) is 5.14. The lowest BCUT2D eigenvalue weighted by molar-refractivity contribution is 0.277. The molecule has 0 bridgehead atoms. The number of methoxy groups -OCH3 is 1. The number of ether oxygens (including phenoxy) is 2. The van der Waals surface area contributed by atoms with Crippen LogP contribution < -0.4 is 14.8 Å². The fraction of sp³-hybridized carbons (Fsp3) is 0.167.